The summed E-state index contributed by atoms with van der Waals surface area (Å²) < 4.78 is 13.4. The second kappa shape index (κ2) is 8.37. The number of halogens is 1. The monoisotopic (exact) mass is 499 g/mol. The molecule has 0 amide bonds. The van der Waals surface area contributed by atoms with Gasteiger partial charge in [0, 0.05) is 29.3 Å². The second-order valence-corrected chi connectivity index (χ2v) is 12.2. The van der Waals surface area contributed by atoms with Crippen molar-refractivity contribution in [3.63, 3.8) is 0 Å². The van der Waals surface area contributed by atoms with Gasteiger partial charge in [0.1, 0.15) is 22.8 Å². The summed E-state index contributed by atoms with van der Waals surface area (Å²) >= 11 is 4.09. The van der Waals surface area contributed by atoms with E-state index in [2.05, 4.69) is 25.6 Å². The van der Waals surface area contributed by atoms with Crippen molar-refractivity contribution in [1.29, 1.82) is 5.41 Å². The first-order chi connectivity index (χ1) is 16.5. The van der Waals surface area contributed by atoms with Crippen LogP contribution in [0.5, 0.6) is 0 Å². The van der Waals surface area contributed by atoms with Crippen LogP contribution in [0.4, 0.5) is 10.1 Å². The fourth-order valence-corrected chi connectivity index (χ4v) is 8.99. The van der Waals surface area contributed by atoms with Gasteiger partial charge in [-0.25, -0.2) is 4.39 Å². The quantitative estimate of drug-likeness (QED) is 0.247. The molecule has 5 nitrogen and oxygen atoms in total. The lowest BCUT2D eigenvalue weighted by Gasteiger charge is -2.60. The van der Waals surface area contributed by atoms with Gasteiger partial charge in [0.2, 0.25) is 5.12 Å². The molecule has 4 aliphatic carbocycles. The first-order valence-corrected chi connectivity index (χ1v) is 13.1. The van der Waals surface area contributed by atoms with Gasteiger partial charge in [0.15, 0.2) is 0 Å². The standard InChI is InChI=1S/C28H35FN2O3S/c1-15-10-21-20-9-4-17-11-22(31-19-7-5-18(29)6-8-19)16(14-30)12-26(17,2)24(20)23(32)13-27(21,3)28(15,34)25(33)35/h5-8,11,14-15,20-21,23-24,30-32,34H,4,9-10,12-13H2,1-3H3,(H,33,35)/p+1/t15-,20+,21?,23+,24?,26+,27+,28+/m1/s1. The molecule has 3 saturated carbocycles. The summed E-state index contributed by atoms with van der Waals surface area (Å²) in [4.78, 5) is 12.6. The lowest BCUT2D eigenvalue weighted by molar-refractivity contribution is -0.513. The maximum Gasteiger partial charge on any atom is 0.218 e. The third kappa shape index (κ3) is 3.45. The van der Waals surface area contributed by atoms with Crippen LogP contribution in [-0.2, 0) is 4.79 Å². The normalized spacial score (nSPS) is 42.6. The van der Waals surface area contributed by atoms with E-state index in [1.807, 2.05) is 19.2 Å². The maximum absolute atomic E-state index is 13.4. The summed E-state index contributed by atoms with van der Waals surface area (Å²) in [5, 5.41) is 32.8. The molecule has 5 rings (SSSR count). The van der Waals surface area contributed by atoms with Gasteiger partial charge in [-0.15, -0.1) is 12.6 Å². The van der Waals surface area contributed by atoms with E-state index in [1.54, 1.807) is 12.1 Å². The van der Waals surface area contributed by atoms with E-state index in [0.717, 1.165) is 36.2 Å². The highest BCUT2D eigenvalue weighted by atomic mass is 32.1. The number of quaternary nitrogens is 1. The average Bonchev–Trinajstić information content (AvgIpc) is 3.01. The van der Waals surface area contributed by atoms with E-state index >= 15 is 0 Å². The molecule has 1 aromatic rings. The molecule has 2 unspecified atom stereocenters. The van der Waals surface area contributed by atoms with Gasteiger partial charge >= 0.3 is 0 Å². The van der Waals surface area contributed by atoms with Gasteiger partial charge < -0.3 is 15.6 Å². The van der Waals surface area contributed by atoms with Gasteiger partial charge in [-0.2, -0.15) is 0 Å². The largest absolute Gasteiger partial charge is 0.393 e. The van der Waals surface area contributed by atoms with Crippen LogP contribution in [0.3, 0.4) is 0 Å². The molecule has 7 heteroatoms. The Morgan fingerprint density at radius 1 is 1.29 bits per heavy atom. The van der Waals surface area contributed by atoms with Crippen molar-refractivity contribution in [1.82, 2.24) is 0 Å². The Morgan fingerprint density at radius 2 is 1.97 bits per heavy atom. The van der Waals surface area contributed by atoms with E-state index in [9.17, 15) is 19.4 Å². The molecule has 35 heavy (non-hydrogen) atoms. The van der Waals surface area contributed by atoms with Crippen LogP contribution in [0.1, 0.15) is 52.9 Å². The highest BCUT2D eigenvalue weighted by molar-refractivity contribution is 7.96. The molecule has 0 radical (unpaired) electrons. The molecule has 0 bridgehead atoms. The molecule has 0 spiro atoms. The number of allylic oxidation sites excluding steroid dienone is 3. The van der Waals surface area contributed by atoms with Crippen LogP contribution >= 0.6 is 12.6 Å². The lowest BCUT2D eigenvalue weighted by Crippen LogP contribution is -2.76. The predicted octanol–water partition coefficient (Wildman–Crippen LogP) is 3.90. The Balaban J connectivity index is 1.49. The smallest absolute Gasteiger partial charge is 0.218 e. The molecular weight excluding hydrogens is 463 g/mol. The number of hydrogen-bond acceptors (Lipinski definition) is 4. The van der Waals surface area contributed by atoms with E-state index in [4.69, 9.17) is 5.41 Å². The summed E-state index contributed by atoms with van der Waals surface area (Å²) in [5.74, 6) is -0.178. The molecule has 3 fully saturated rings. The van der Waals surface area contributed by atoms with Crippen LogP contribution < -0.4 is 5.32 Å². The van der Waals surface area contributed by atoms with Crippen molar-refractivity contribution in [2.45, 2.75) is 64.6 Å². The highest BCUT2D eigenvalue weighted by Gasteiger charge is 2.70. The minimum atomic E-state index is -1.53. The molecule has 188 valence electrons. The van der Waals surface area contributed by atoms with Crippen molar-refractivity contribution >= 4 is 29.6 Å². The van der Waals surface area contributed by atoms with Crippen LogP contribution in [0.25, 0.3) is 0 Å². The average molecular weight is 500 g/mol. The third-order valence-corrected chi connectivity index (χ3v) is 10.5. The number of thiol groups is 1. The van der Waals surface area contributed by atoms with Gasteiger partial charge in [-0.3, -0.25) is 10.1 Å². The zero-order valence-electron chi connectivity index (χ0n) is 20.6. The molecule has 0 heterocycles. The molecule has 5 N–H and O–H groups in total. The Labute approximate surface area is 211 Å². The van der Waals surface area contributed by atoms with Crippen molar-refractivity contribution < 1.29 is 24.7 Å². The fourth-order valence-electron chi connectivity index (χ4n) is 8.52. The highest BCUT2D eigenvalue weighted by Crippen LogP contribution is 2.69. The summed E-state index contributed by atoms with van der Waals surface area (Å²) in [7, 11) is 0. The zero-order chi connectivity index (χ0) is 25.3. The van der Waals surface area contributed by atoms with E-state index in [0.29, 0.717) is 12.8 Å². The van der Waals surface area contributed by atoms with E-state index in [1.165, 1.54) is 23.9 Å². The summed E-state index contributed by atoms with van der Waals surface area (Å²) in [6, 6.07) is 6.36. The number of benzene rings is 1. The number of carbonyl (C=O) groups excluding carboxylic acids is 1. The minimum absolute atomic E-state index is 0.00698. The molecule has 1 aromatic carbocycles. The first-order valence-electron chi connectivity index (χ1n) is 12.6. The van der Waals surface area contributed by atoms with Crippen LogP contribution in [-0.4, -0.2) is 33.2 Å². The molecule has 4 aliphatic rings. The van der Waals surface area contributed by atoms with Gasteiger partial charge in [0.25, 0.3) is 0 Å². The van der Waals surface area contributed by atoms with Gasteiger partial charge in [0.05, 0.1) is 6.10 Å². The Morgan fingerprint density at radius 3 is 2.60 bits per heavy atom. The predicted molar refractivity (Wildman–Crippen MR) is 136 cm³/mol. The van der Waals surface area contributed by atoms with Crippen molar-refractivity contribution in [2.24, 2.45) is 34.5 Å². The Hall–Kier alpha value is -1.80. The number of rotatable bonds is 4. The van der Waals surface area contributed by atoms with Crippen molar-refractivity contribution in [3.8, 4) is 0 Å². The second-order valence-electron chi connectivity index (χ2n) is 11.8. The van der Waals surface area contributed by atoms with Crippen molar-refractivity contribution in [2.75, 3.05) is 0 Å². The number of carbonyl (C=O) groups is 1. The maximum atomic E-state index is 13.4. The number of hydrogen-bond donors (Lipinski definition) is 5. The minimum Gasteiger partial charge on any atom is -0.393 e. The van der Waals surface area contributed by atoms with E-state index < -0.39 is 22.2 Å². The summed E-state index contributed by atoms with van der Waals surface area (Å²) in [5.41, 5.74) is 1.51. The van der Waals surface area contributed by atoms with Gasteiger partial charge in [-0.05, 0) is 79.4 Å². The number of nitrogens with one attached hydrogen (secondary N) is 1. The van der Waals surface area contributed by atoms with Gasteiger partial charge in [-0.1, -0.05) is 26.3 Å². The molecule has 0 aromatic heterocycles. The van der Waals surface area contributed by atoms with Crippen LogP contribution in [0, 0.1) is 45.7 Å². The Bertz CT molecular complexity index is 1130. The van der Waals surface area contributed by atoms with Crippen LogP contribution in [0.2, 0.25) is 0 Å². The molecule has 0 aliphatic heterocycles. The van der Waals surface area contributed by atoms with E-state index in [-0.39, 0.29) is 34.9 Å². The number of fused-ring (bicyclic) bond motifs is 5. The molecule has 0 saturated heterocycles. The zero-order valence-corrected chi connectivity index (χ0v) is 21.5. The number of nitrogens with two attached hydrogens (primary N) is 1. The third-order valence-electron chi connectivity index (χ3n) is 10.2. The lowest BCUT2D eigenvalue weighted by atomic mass is 9.45. The Kier molecular flexibility index (Phi) is 5.95. The number of aliphatic hydroxyl groups is 2. The van der Waals surface area contributed by atoms with Crippen LogP contribution in [0.15, 0.2) is 47.2 Å². The SMILES string of the molecule is C[C@@H]1CC2[C@@H]3CCC4=CC([NH2+]c5ccc(F)cc5)=C(C=N)C[C@]4(C)C3[C@@H](O)C[C@]2(C)[C@@]1(O)C(=O)S. The number of aliphatic hydroxyl groups excluding tert-OH is 1. The molecular formula is C28H36FN2O3S+. The summed E-state index contributed by atoms with van der Waals surface area (Å²) in [6.45, 7) is 6.12. The van der Waals surface area contributed by atoms with Crippen molar-refractivity contribution in [3.05, 3.63) is 53.0 Å². The topological polar surface area (TPSA) is 98.0 Å². The summed E-state index contributed by atoms with van der Waals surface area (Å²) in [6.07, 6.45) is 6.48. The fraction of sp³-hybridized carbons (Fsp3) is 0.571. The first kappa shape index (κ1) is 24.9. The molecule has 8 atom stereocenters.